The molecule has 0 aromatic carbocycles. The number of nitrogens with one attached hydrogen (secondary N) is 1. The van der Waals surface area contributed by atoms with Crippen LogP contribution in [-0.2, 0) is 9.53 Å². The third kappa shape index (κ3) is 6.03. The highest BCUT2D eigenvalue weighted by atomic mass is 16.5. The number of carbonyl (C=O) groups is 1. The zero-order valence-electron chi connectivity index (χ0n) is 10.9. The Balaban J connectivity index is 2.17. The van der Waals surface area contributed by atoms with E-state index in [-0.39, 0.29) is 11.9 Å². The molecule has 100 valence electrons. The van der Waals surface area contributed by atoms with Crippen LogP contribution in [0.5, 0.6) is 0 Å². The van der Waals surface area contributed by atoms with Crippen LogP contribution in [0.3, 0.4) is 0 Å². The summed E-state index contributed by atoms with van der Waals surface area (Å²) < 4.78 is 5.84. The number of ether oxygens (including phenoxy) is 1. The van der Waals surface area contributed by atoms with Crippen LogP contribution in [0, 0.1) is 0 Å². The lowest BCUT2D eigenvalue weighted by Crippen LogP contribution is -2.42. The Bertz CT molecular complexity index is 213. The van der Waals surface area contributed by atoms with Gasteiger partial charge in [0.15, 0.2) is 0 Å². The summed E-state index contributed by atoms with van der Waals surface area (Å²) in [5.74, 6) is -0.281. The van der Waals surface area contributed by atoms with Gasteiger partial charge in [0.2, 0.25) is 5.91 Å². The fourth-order valence-electron chi connectivity index (χ4n) is 2.35. The lowest BCUT2D eigenvalue weighted by Gasteiger charge is -2.18. The molecule has 4 nitrogen and oxygen atoms in total. The Morgan fingerprint density at radius 2 is 2.00 bits per heavy atom. The molecule has 0 bridgehead atoms. The van der Waals surface area contributed by atoms with E-state index in [1.54, 1.807) is 0 Å². The maximum absolute atomic E-state index is 11.1. The van der Waals surface area contributed by atoms with Gasteiger partial charge < -0.3 is 15.8 Å². The monoisotopic (exact) mass is 242 g/mol. The van der Waals surface area contributed by atoms with Gasteiger partial charge in [0.25, 0.3) is 0 Å². The Morgan fingerprint density at radius 3 is 2.53 bits per heavy atom. The molecule has 1 aliphatic carbocycles. The minimum absolute atomic E-state index is 0.245. The Labute approximate surface area is 104 Å². The molecule has 1 amide bonds. The average molecular weight is 242 g/mol. The molecule has 0 radical (unpaired) electrons. The second kappa shape index (κ2) is 8.48. The van der Waals surface area contributed by atoms with Crippen molar-refractivity contribution in [3.63, 3.8) is 0 Å². The molecular formula is C13H26N2O2. The molecule has 1 aliphatic rings. The van der Waals surface area contributed by atoms with Crippen molar-refractivity contribution in [3.8, 4) is 0 Å². The van der Waals surface area contributed by atoms with Crippen LogP contribution < -0.4 is 11.1 Å². The molecule has 1 rings (SSSR count). The van der Waals surface area contributed by atoms with Gasteiger partial charge in [-0.1, -0.05) is 32.6 Å². The molecule has 0 spiro atoms. The van der Waals surface area contributed by atoms with Crippen molar-refractivity contribution in [1.29, 1.82) is 0 Å². The number of carbonyl (C=O) groups excluding carboxylic acids is 1. The van der Waals surface area contributed by atoms with E-state index >= 15 is 0 Å². The van der Waals surface area contributed by atoms with E-state index < -0.39 is 0 Å². The first-order valence-electron chi connectivity index (χ1n) is 6.88. The second-order valence-electron chi connectivity index (χ2n) is 4.79. The van der Waals surface area contributed by atoms with Gasteiger partial charge >= 0.3 is 0 Å². The van der Waals surface area contributed by atoms with Crippen molar-refractivity contribution in [2.75, 3.05) is 13.2 Å². The maximum atomic E-state index is 11.1. The molecule has 0 heterocycles. The Hall–Kier alpha value is -0.610. The van der Waals surface area contributed by atoms with Crippen molar-refractivity contribution in [2.24, 2.45) is 5.73 Å². The first kappa shape index (κ1) is 14.5. The second-order valence-corrected chi connectivity index (χ2v) is 4.79. The van der Waals surface area contributed by atoms with Gasteiger partial charge in [0.1, 0.15) is 0 Å². The van der Waals surface area contributed by atoms with Gasteiger partial charge in [0, 0.05) is 6.61 Å². The van der Waals surface area contributed by atoms with Gasteiger partial charge in [-0.2, -0.15) is 0 Å². The fourth-order valence-corrected chi connectivity index (χ4v) is 2.35. The van der Waals surface area contributed by atoms with E-state index in [9.17, 15) is 4.79 Å². The maximum Gasteiger partial charge on any atom is 0.234 e. The zero-order valence-corrected chi connectivity index (χ0v) is 10.9. The van der Waals surface area contributed by atoms with Crippen molar-refractivity contribution in [1.82, 2.24) is 5.32 Å². The minimum atomic E-state index is -0.281. The Morgan fingerprint density at radius 1 is 1.35 bits per heavy atom. The number of primary amides is 1. The van der Waals surface area contributed by atoms with Crippen LogP contribution in [0.25, 0.3) is 0 Å². The van der Waals surface area contributed by atoms with Gasteiger partial charge in [-0.3, -0.25) is 4.79 Å². The summed E-state index contributed by atoms with van der Waals surface area (Å²) in [6.45, 7) is 3.37. The van der Waals surface area contributed by atoms with Crippen molar-refractivity contribution < 1.29 is 9.53 Å². The molecule has 3 N–H and O–H groups in total. The number of amides is 1. The topological polar surface area (TPSA) is 64.3 Å². The van der Waals surface area contributed by atoms with Gasteiger partial charge in [-0.25, -0.2) is 0 Å². The molecule has 1 unspecified atom stereocenters. The highest BCUT2D eigenvalue weighted by Crippen LogP contribution is 2.19. The van der Waals surface area contributed by atoms with Crippen LogP contribution in [0.1, 0.15) is 51.9 Å². The third-order valence-corrected chi connectivity index (χ3v) is 3.36. The zero-order chi connectivity index (χ0) is 12.5. The number of hydrogen-bond acceptors (Lipinski definition) is 3. The molecule has 0 aromatic rings. The van der Waals surface area contributed by atoms with Gasteiger partial charge in [-0.15, -0.1) is 0 Å². The molecule has 0 aromatic heterocycles. The molecule has 0 aliphatic heterocycles. The first-order chi connectivity index (χ1) is 8.24. The number of nitrogens with two attached hydrogens (primary N) is 1. The fraction of sp³-hybridized carbons (Fsp3) is 0.923. The minimum Gasteiger partial charge on any atom is -0.378 e. The first-order valence-corrected chi connectivity index (χ1v) is 6.88. The van der Waals surface area contributed by atoms with Crippen LogP contribution in [0.2, 0.25) is 0 Å². The van der Waals surface area contributed by atoms with Crippen molar-refractivity contribution >= 4 is 5.91 Å². The predicted octanol–water partition coefficient (Wildman–Crippen LogP) is 1.58. The van der Waals surface area contributed by atoms with Crippen LogP contribution in [0.15, 0.2) is 0 Å². The lowest BCUT2D eigenvalue weighted by atomic mass is 10.1. The van der Waals surface area contributed by atoms with Gasteiger partial charge in [-0.05, 0) is 25.8 Å². The Kier molecular flexibility index (Phi) is 7.21. The van der Waals surface area contributed by atoms with Crippen molar-refractivity contribution in [3.05, 3.63) is 0 Å². The summed E-state index contributed by atoms with van der Waals surface area (Å²) in [5, 5.41) is 3.08. The van der Waals surface area contributed by atoms with E-state index in [1.807, 2.05) is 6.92 Å². The van der Waals surface area contributed by atoms with E-state index in [0.29, 0.717) is 19.1 Å². The van der Waals surface area contributed by atoms with E-state index in [0.717, 1.165) is 6.54 Å². The van der Waals surface area contributed by atoms with E-state index in [2.05, 4.69) is 5.32 Å². The summed E-state index contributed by atoms with van der Waals surface area (Å²) in [7, 11) is 0. The average Bonchev–Trinajstić information content (AvgIpc) is 2.56. The lowest BCUT2D eigenvalue weighted by molar-refractivity contribution is -0.120. The summed E-state index contributed by atoms with van der Waals surface area (Å²) in [6, 6.07) is -0.245. The normalized spacial score (nSPS) is 19.8. The molecule has 17 heavy (non-hydrogen) atoms. The largest absolute Gasteiger partial charge is 0.378 e. The molecule has 1 fully saturated rings. The molecule has 4 heteroatoms. The number of likely N-dealkylation sites (N-methyl/N-ethyl adjacent to an activating group) is 1. The third-order valence-electron chi connectivity index (χ3n) is 3.36. The standard InChI is InChI=1S/C13H26N2O2/c1-2-15-12(13(14)16)9-10-17-11-7-5-3-4-6-8-11/h11-12,15H,2-10H2,1H3,(H2,14,16). The number of hydrogen-bond donors (Lipinski definition) is 2. The van der Waals surface area contributed by atoms with E-state index in [1.165, 1.54) is 38.5 Å². The van der Waals surface area contributed by atoms with Crippen molar-refractivity contribution in [2.45, 2.75) is 64.0 Å². The van der Waals surface area contributed by atoms with Crippen LogP contribution in [-0.4, -0.2) is 31.2 Å². The molecular weight excluding hydrogens is 216 g/mol. The molecule has 1 atom stereocenters. The van der Waals surface area contributed by atoms with E-state index in [4.69, 9.17) is 10.5 Å². The molecule has 1 saturated carbocycles. The SMILES string of the molecule is CCNC(CCOC1CCCCCC1)C(N)=O. The predicted molar refractivity (Wildman–Crippen MR) is 68.7 cm³/mol. The van der Waals surface area contributed by atoms with Crippen LogP contribution in [0.4, 0.5) is 0 Å². The summed E-state index contributed by atoms with van der Waals surface area (Å²) in [6.07, 6.45) is 8.63. The smallest absolute Gasteiger partial charge is 0.234 e. The summed E-state index contributed by atoms with van der Waals surface area (Å²) in [5.41, 5.74) is 5.31. The quantitative estimate of drug-likeness (QED) is 0.666. The number of rotatable bonds is 7. The van der Waals surface area contributed by atoms with Gasteiger partial charge in [0.05, 0.1) is 12.1 Å². The van der Waals surface area contributed by atoms with Crippen LogP contribution >= 0.6 is 0 Å². The highest BCUT2D eigenvalue weighted by molar-refractivity contribution is 5.79. The highest BCUT2D eigenvalue weighted by Gasteiger charge is 2.16. The summed E-state index contributed by atoms with van der Waals surface area (Å²) >= 11 is 0. The summed E-state index contributed by atoms with van der Waals surface area (Å²) in [4.78, 5) is 11.1. The molecule has 0 saturated heterocycles.